The van der Waals surface area contributed by atoms with Gasteiger partial charge in [0, 0.05) is 5.69 Å². The largest absolute Gasteiger partial charge is 0.496 e. The zero-order chi connectivity index (χ0) is 13.2. The highest BCUT2D eigenvalue weighted by atomic mass is 16.5. The van der Waals surface area contributed by atoms with Crippen LogP contribution in [0.15, 0.2) is 18.2 Å². The lowest BCUT2D eigenvalue weighted by molar-refractivity contribution is -0.122. The number of carbonyl (C=O) groups excluding carboxylic acids is 1. The predicted molar refractivity (Wildman–Crippen MR) is 69.8 cm³/mol. The first-order chi connectivity index (χ1) is 8.65. The highest BCUT2D eigenvalue weighted by molar-refractivity contribution is 5.97. The maximum Gasteiger partial charge on any atom is 0.232 e. The van der Waals surface area contributed by atoms with Crippen LogP contribution in [-0.4, -0.2) is 24.7 Å². The van der Waals surface area contributed by atoms with Gasteiger partial charge in [0.2, 0.25) is 5.91 Å². The molecule has 98 valence electrons. The number of hydrogen-bond donors (Lipinski definition) is 2. The van der Waals surface area contributed by atoms with Gasteiger partial charge in [-0.25, -0.2) is 0 Å². The predicted octanol–water partition coefficient (Wildman–Crippen LogP) is 1.97. The molecule has 1 saturated carbocycles. The number of methoxy groups -OCH3 is 1. The van der Waals surface area contributed by atoms with E-state index in [4.69, 9.17) is 4.74 Å². The molecule has 0 aromatic heterocycles. The van der Waals surface area contributed by atoms with Gasteiger partial charge in [-0.3, -0.25) is 4.79 Å². The molecule has 0 aliphatic heterocycles. The Hall–Kier alpha value is -1.55. The Kier molecular flexibility index (Phi) is 3.57. The number of carbonyl (C=O) groups is 1. The van der Waals surface area contributed by atoms with Crippen molar-refractivity contribution in [1.82, 2.24) is 0 Å². The van der Waals surface area contributed by atoms with Crippen LogP contribution in [0.5, 0.6) is 5.75 Å². The standard InChI is InChI=1S/C14H19NO3/c1-3-10-8-11(4-5-12(10)18-2)15-13(17)14(9-16)6-7-14/h4-5,8,16H,3,6-7,9H2,1-2H3,(H,15,17). The molecule has 18 heavy (non-hydrogen) atoms. The van der Waals surface area contributed by atoms with Crippen molar-refractivity contribution in [2.24, 2.45) is 5.41 Å². The van der Waals surface area contributed by atoms with Crippen LogP contribution < -0.4 is 10.1 Å². The number of benzene rings is 1. The van der Waals surface area contributed by atoms with Crippen molar-refractivity contribution in [2.75, 3.05) is 19.0 Å². The number of aliphatic hydroxyl groups excluding tert-OH is 1. The molecule has 0 atom stereocenters. The van der Waals surface area contributed by atoms with Gasteiger partial charge in [0.25, 0.3) is 0 Å². The number of aryl methyl sites for hydroxylation is 1. The van der Waals surface area contributed by atoms with E-state index < -0.39 is 5.41 Å². The molecule has 1 aromatic rings. The minimum atomic E-state index is -0.535. The number of aliphatic hydroxyl groups is 1. The van der Waals surface area contributed by atoms with Gasteiger partial charge >= 0.3 is 0 Å². The molecular weight excluding hydrogens is 230 g/mol. The summed E-state index contributed by atoms with van der Waals surface area (Å²) in [5, 5.41) is 12.1. The Labute approximate surface area is 107 Å². The first-order valence-electron chi connectivity index (χ1n) is 6.24. The van der Waals surface area contributed by atoms with Crippen LogP contribution in [0, 0.1) is 5.41 Å². The summed E-state index contributed by atoms with van der Waals surface area (Å²) in [5.41, 5.74) is 1.29. The van der Waals surface area contributed by atoms with Crippen LogP contribution in [-0.2, 0) is 11.2 Å². The van der Waals surface area contributed by atoms with Gasteiger partial charge in [-0.1, -0.05) is 6.92 Å². The molecule has 0 unspecified atom stereocenters. The summed E-state index contributed by atoms with van der Waals surface area (Å²) in [6.45, 7) is 1.97. The molecule has 0 radical (unpaired) electrons. The average molecular weight is 249 g/mol. The summed E-state index contributed by atoms with van der Waals surface area (Å²) in [4.78, 5) is 12.0. The molecule has 0 heterocycles. The molecular formula is C14H19NO3. The second-order valence-electron chi connectivity index (χ2n) is 4.77. The molecule has 2 N–H and O–H groups in total. The summed E-state index contributed by atoms with van der Waals surface area (Å²) in [5.74, 6) is 0.746. The zero-order valence-electron chi connectivity index (χ0n) is 10.8. The number of hydrogen-bond acceptors (Lipinski definition) is 3. The maximum absolute atomic E-state index is 12.0. The van der Waals surface area contributed by atoms with Crippen LogP contribution in [0.2, 0.25) is 0 Å². The lowest BCUT2D eigenvalue weighted by Gasteiger charge is -2.14. The van der Waals surface area contributed by atoms with Crippen molar-refractivity contribution in [3.05, 3.63) is 23.8 Å². The van der Waals surface area contributed by atoms with E-state index in [0.717, 1.165) is 36.3 Å². The fraction of sp³-hybridized carbons (Fsp3) is 0.500. The number of amides is 1. The third kappa shape index (κ3) is 2.34. The van der Waals surface area contributed by atoms with E-state index >= 15 is 0 Å². The second-order valence-corrected chi connectivity index (χ2v) is 4.77. The third-order valence-electron chi connectivity index (χ3n) is 3.56. The van der Waals surface area contributed by atoms with E-state index in [1.165, 1.54) is 0 Å². The van der Waals surface area contributed by atoms with Gasteiger partial charge < -0.3 is 15.2 Å². The Bertz CT molecular complexity index is 452. The Balaban J connectivity index is 2.12. The van der Waals surface area contributed by atoms with E-state index in [1.807, 2.05) is 25.1 Å². The Morgan fingerprint density at radius 1 is 1.50 bits per heavy atom. The Morgan fingerprint density at radius 2 is 2.22 bits per heavy atom. The van der Waals surface area contributed by atoms with Crippen LogP contribution in [0.1, 0.15) is 25.3 Å². The van der Waals surface area contributed by atoms with Crippen LogP contribution in [0.4, 0.5) is 5.69 Å². The summed E-state index contributed by atoms with van der Waals surface area (Å²) in [6.07, 6.45) is 2.39. The van der Waals surface area contributed by atoms with E-state index in [9.17, 15) is 9.90 Å². The van der Waals surface area contributed by atoms with Crippen LogP contribution >= 0.6 is 0 Å². The molecule has 1 fully saturated rings. The summed E-state index contributed by atoms with van der Waals surface area (Å²) < 4.78 is 5.24. The quantitative estimate of drug-likeness (QED) is 0.838. The van der Waals surface area contributed by atoms with Crippen molar-refractivity contribution >= 4 is 11.6 Å². The molecule has 0 spiro atoms. The minimum absolute atomic E-state index is 0.0738. The summed E-state index contributed by atoms with van der Waals surface area (Å²) in [6, 6.07) is 5.60. The molecule has 1 aliphatic carbocycles. The fourth-order valence-corrected chi connectivity index (χ4v) is 2.00. The van der Waals surface area contributed by atoms with E-state index in [2.05, 4.69) is 5.32 Å². The molecule has 1 aromatic carbocycles. The van der Waals surface area contributed by atoms with Gasteiger partial charge in [-0.15, -0.1) is 0 Å². The first-order valence-corrected chi connectivity index (χ1v) is 6.24. The lowest BCUT2D eigenvalue weighted by atomic mass is 10.1. The van der Waals surface area contributed by atoms with E-state index in [-0.39, 0.29) is 12.5 Å². The topological polar surface area (TPSA) is 58.6 Å². The highest BCUT2D eigenvalue weighted by Crippen LogP contribution is 2.46. The number of nitrogens with one attached hydrogen (secondary N) is 1. The Morgan fingerprint density at radius 3 is 2.72 bits per heavy atom. The normalized spacial score (nSPS) is 16.2. The smallest absolute Gasteiger partial charge is 0.232 e. The maximum atomic E-state index is 12.0. The van der Waals surface area contributed by atoms with E-state index in [0.29, 0.717) is 0 Å². The zero-order valence-corrected chi connectivity index (χ0v) is 10.8. The van der Waals surface area contributed by atoms with Gasteiger partial charge in [0.15, 0.2) is 0 Å². The van der Waals surface area contributed by atoms with Crippen molar-refractivity contribution < 1.29 is 14.6 Å². The first kappa shape index (κ1) is 12.9. The fourth-order valence-electron chi connectivity index (χ4n) is 2.00. The van der Waals surface area contributed by atoms with Crippen molar-refractivity contribution in [3.8, 4) is 5.75 Å². The van der Waals surface area contributed by atoms with Crippen molar-refractivity contribution in [2.45, 2.75) is 26.2 Å². The number of anilines is 1. The monoisotopic (exact) mass is 249 g/mol. The van der Waals surface area contributed by atoms with Crippen molar-refractivity contribution in [1.29, 1.82) is 0 Å². The van der Waals surface area contributed by atoms with Gasteiger partial charge in [0.05, 0.1) is 19.1 Å². The SMILES string of the molecule is CCc1cc(NC(=O)C2(CO)CC2)ccc1OC. The second kappa shape index (κ2) is 4.98. The van der Waals surface area contributed by atoms with E-state index in [1.54, 1.807) is 7.11 Å². The molecule has 2 rings (SSSR count). The highest BCUT2D eigenvalue weighted by Gasteiger charge is 2.49. The van der Waals surface area contributed by atoms with Gasteiger partial charge in [-0.05, 0) is 43.0 Å². The molecule has 1 amide bonds. The van der Waals surface area contributed by atoms with Crippen molar-refractivity contribution in [3.63, 3.8) is 0 Å². The van der Waals surface area contributed by atoms with Crippen LogP contribution in [0.3, 0.4) is 0 Å². The lowest BCUT2D eigenvalue weighted by Crippen LogP contribution is -2.27. The molecule has 4 heteroatoms. The molecule has 4 nitrogen and oxygen atoms in total. The molecule has 1 aliphatic rings. The number of ether oxygens (including phenoxy) is 1. The third-order valence-corrected chi connectivity index (χ3v) is 3.56. The summed E-state index contributed by atoms with van der Waals surface area (Å²) >= 11 is 0. The minimum Gasteiger partial charge on any atom is -0.496 e. The van der Waals surface area contributed by atoms with Crippen LogP contribution in [0.25, 0.3) is 0 Å². The molecule has 0 saturated heterocycles. The van der Waals surface area contributed by atoms with Gasteiger partial charge in [-0.2, -0.15) is 0 Å². The molecule has 0 bridgehead atoms. The van der Waals surface area contributed by atoms with Gasteiger partial charge in [0.1, 0.15) is 5.75 Å². The summed E-state index contributed by atoms with van der Waals surface area (Å²) in [7, 11) is 1.64. The average Bonchev–Trinajstić information content (AvgIpc) is 3.19. The number of rotatable bonds is 5.